The van der Waals surface area contributed by atoms with Gasteiger partial charge in [0, 0.05) is 41.9 Å². The van der Waals surface area contributed by atoms with Crippen LogP contribution in [0.15, 0.2) is 24.8 Å². The molecule has 2 aromatic rings. The maximum absolute atomic E-state index is 13.8. The summed E-state index contributed by atoms with van der Waals surface area (Å²) in [7, 11) is 0. The SMILES string of the molecule is C=C(N)c1cc(NC(=O)c2c(C)c(C(F)F)nn2CC2CCC(F)(F)CC2)ccc1F. The number of nitrogens with zero attached hydrogens (tertiary/aromatic N) is 2. The number of nitrogens with two attached hydrogens (primary N) is 1. The van der Waals surface area contributed by atoms with Gasteiger partial charge in [-0.25, -0.2) is 22.0 Å². The van der Waals surface area contributed by atoms with Crippen LogP contribution < -0.4 is 11.1 Å². The Kier molecular flexibility index (Phi) is 6.38. The second-order valence-corrected chi connectivity index (χ2v) is 7.81. The van der Waals surface area contributed by atoms with E-state index in [2.05, 4.69) is 17.0 Å². The third-order valence-corrected chi connectivity index (χ3v) is 5.49. The maximum Gasteiger partial charge on any atom is 0.282 e. The minimum absolute atomic E-state index is 0.000525. The third kappa shape index (κ3) is 5.05. The minimum atomic E-state index is -2.90. The molecule has 0 radical (unpaired) electrons. The second-order valence-electron chi connectivity index (χ2n) is 7.81. The molecule has 1 heterocycles. The number of alkyl halides is 4. The number of hydrogen-bond acceptors (Lipinski definition) is 3. The van der Waals surface area contributed by atoms with E-state index in [1.807, 2.05) is 0 Å². The fourth-order valence-electron chi connectivity index (χ4n) is 3.76. The monoisotopic (exact) mass is 442 g/mol. The predicted octanol–water partition coefficient (Wildman–Crippen LogP) is 5.28. The van der Waals surface area contributed by atoms with Gasteiger partial charge in [0.05, 0.1) is 0 Å². The van der Waals surface area contributed by atoms with Gasteiger partial charge >= 0.3 is 0 Å². The van der Waals surface area contributed by atoms with Crippen molar-refractivity contribution in [3.05, 3.63) is 53.1 Å². The lowest BCUT2D eigenvalue weighted by molar-refractivity contribution is -0.0477. The summed E-state index contributed by atoms with van der Waals surface area (Å²) in [5, 5.41) is 6.42. The Morgan fingerprint density at radius 1 is 1.35 bits per heavy atom. The maximum atomic E-state index is 13.8. The van der Waals surface area contributed by atoms with Crippen LogP contribution in [-0.4, -0.2) is 21.6 Å². The zero-order chi connectivity index (χ0) is 22.9. The molecule has 0 saturated heterocycles. The number of hydrogen-bond donors (Lipinski definition) is 2. The van der Waals surface area contributed by atoms with Crippen LogP contribution in [0, 0.1) is 18.7 Å². The van der Waals surface area contributed by atoms with Crippen LogP contribution in [0.1, 0.15) is 59.4 Å². The molecular formula is C21H23F5N4O. The Morgan fingerprint density at radius 2 is 2.00 bits per heavy atom. The molecule has 3 N–H and O–H groups in total. The Bertz CT molecular complexity index is 992. The van der Waals surface area contributed by atoms with E-state index in [1.165, 1.54) is 19.1 Å². The summed E-state index contributed by atoms with van der Waals surface area (Å²) in [5.41, 5.74) is 5.05. The minimum Gasteiger partial charge on any atom is -0.399 e. The zero-order valence-corrected chi connectivity index (χ0v) is 16.9. The van der Waals surface area contributed by atoms with E-state index in [4.69, 9.17) is 5.73 Å². The van der Waals surface area contributed by atoms with Gasteiger partial charge in [0.25, 0.3) is 12.3 Å². The molecule has 3 rings (SSSR count). The van der Waals surface area contributed by atoms with Crippen molar-refractivity contribution in [1.29, 1.82) is 0 Å². The lowest BCUT2D eigenvalue weighted by Crippen LogP contribution is -2.28. The third-order valence-electron chi connectivity index (χ3n) is 5.49. The Morgan fingerprint density at radius 3 is 2.58 bits per heavy atom. The molecule has 1 aromatic carbocycles. The molecule has 0 aliphatic heterocycles. The molecule has 0 atom stereocenters. The fraction of sp³-hybridized carbons (Fsp3) is 0.429. The van der Waals surface area contributed by atoms with Gasteiger partial charge in [-0.15, -0.1) is 0 Å². The van der Waals surface area contributed by atoms with Crippen LogP contribution in [0.2, 0.25) is 0 Å². The summed E-state index contributed by atoms with van der Waals surface area (Å²) in [6.45, 7) is 4.89. The normalized spacial score (nSPS) is 16.5. The van der Waals surface area contributed by atoms with Gasteiger partial charge in [-0.3, -0.25) is 9.48 Å². The number of aromatic nitrogens is 2. The second kappa shape index (κ2) is 8.68. The Hall–Kier alpha value is -2.91. The number of nitrogens with one attached hydrogen (secondary N) is 1. The van der Waals surface area contributed by atoms with Crippen molar-refractivity contribution < 1.29 is 26.7 Å². The van der Waals surface area contributed by atoms with E-state index >= 15 is 0 Å². The van der Waals surface area contributed by atoms with Crippen molar-refractivity contribution in [2.75, 3.05) is 5.32 Å². The number of carbonyl (C=O) groups is 1. The molecule has 1 aromatic heterocycles. The van der Waals surface area contributed by atoms with E-state index < -0.39 is 29.8 Å². The Labute approximate surface area is 176 Å². The van der Waals surface area contributed by atoms with E-state index in [9.17, 15) is 26.7 Å². The molecule has 0 unspecified atom stereocenters. The molecule has 1 amide bonds. The number of anilines is 1. The molecule has 31 heavy (non-hydrogen) atoms. The first-order chi connectivity index (χ1) is 14.5. The first kappa shape index (κ1) is 22.8. The molecule has 10 heteroatoms. The molecule has 5 nitrogen and oxygen atoms in total. The number of amides is 1. The number of carbonyl (C=O) groups excluding carboxylic acids is 1. The number of halogens is 5. The van der Waals surface area contributed by atoms with Crippen LogP contribution in [0.4, 0.5) is 27.6 Å². The largest absolute Gasteiger partial charge is 0.399 e. The van der Waals surface area contributed by atoms with Gasteiger partial charge in [0.2, 0.25) is 5.92 Å². The summed E-state index contributed by atoms with van der Waals surface area (Å²) in [5.74, 6) is -4.29. The average molecular weight is 442 g/mol. The van der Waals surface area contributed by atoms with Gasteiger partial charge in [-0.1, -0.05) is 6.58 Å². The van der Waals surface area contributed by atoms with Gasteiger partial charge in [-0.2, -0.15) is 5.10 Å². The molecule has 0 spiro atoms. The topological polar surface area (TPSA) is 72.9 Å². The van der Waals surface area contributed by atoms with E-state index in [0.29, 0.717) is 0 Å². The molecule has 1 saturated carbocycles. The Balaban J connectivity index is 1.88. The van der Waals surface area contributed by atoms with Crippen LogP contribution in [0.3, 0.4) is 0 Å². The number of rotatable bonds is 6. The van der Waals surface area contributed by atoms with E-state index in [0.717, 1.165) is 10.7 Å². The summed E-state index contributed by atoms with van der Waals surface area (Å²) in [6, 6.07) is 3.68. The van der Waals surface area contributed by atoms with Crippen molar-refractivity contribution in [2.24, 2.45) is 11.7 Å². The lowest BCUT2D eigenvalue weighted by Gasteiger charge is -2.28. The summed E-state index contributed by atoms with van der Waals surface area (Å²) >= 11 is 0. The standard InChI is InChI=1S/C21H23F5N4O/c1-11-17(19(23)24)29-30(10-13-5-7-21(25,26)8-6-13)18(11)20(31)28-14-3-4-16(22)15(9-14)12(2)27/h3-4,9,13,19H,2,5-8,10,27H2,1H3,(H,28,31). The molecule has 1 fully saturated rings. The quantitative estimate of drug-likeness (QED) is 0.599. The van der Waals surface area contributed by atoms with Crippen LogP contribution >= 0.6 is 0 Å². The van der Waals surface area contributed by atoms with Gasteiger partial charge in [0.15, 0.2) is 0 Å². The molecule has 0 bridgehead atoms. The van der Waals surface area contributed by atoms with Crippen molar-refractivity contribution in [1.82, 2.24) is 9.78 Å². The molecule has 1 aliphatic rings. The van der Waals surface area contributed by atoms with Gasteiger partial charge in [0.1, 0.15) is 17.2 Å². The average Bonchev–Trinajstić information content (AvgIpc) is 3.01. The molecule has 1 aliphatic carbocycles. The lowest BCUT2D eigenvalue weighted by atomic mass is 9.87. The molecule has 168 valence electrons. The van der Waals surface area contributed by atoms with Crippen molar-refractivity contribution in [3.63, 3.8) is 0 Å². The predicted molar refractivity (Wildman–Crippen MR) is 106 cm³/mol. The summed E-state index contributed by atoms with van der Waals surface area (Å²) in [6.07, 6.45) is -3.07. The number of benzene rings is 1. The van der Waals surface area contributed by atoms with Crippen LogP contribution in [0.5, 0.6) is 0 Å². The van der Waals surface area contributed by atoms with Gasteiger partial charge in [-0.05, 0) is 43.9 Å². The highest BCUT2D eigenvalue weighted by Crippen LogP contribution is 2.37. The van der Waals surface area contributed by atoms with E-state index in [1.54, 1.807) is 0 Å². The van der Waals surface area contributed by atoms with Crippen molar-refractivity contribution in [2.45, 2.75) is 51.5 Å². The van der Waals surface area contributed by atoms with Crippen molar-refractivity contribution in [3.8, 4) is 0 Å². The van der Waals surface area contributed by atoms with Gasteiger partial charge < -0.3 is 11.1 Å². The van der Waals surface area contributed by atoms with E-state index in [-0.39, 0.29) is 66.4 Å². The summed E-state index contributed by atoms with van der Waals surface area (Å²) < 4.78 is 68.6. The fourth-order valence-corrected chi connectivity index (χ4v) is 3.76. The molecular weight excluding hydrogens is 419 g/mol. The first-order valence-electron chi connectivity index (χ1n) is 9.77. The highest BCUT2D eigenvalue weighted by Gasteiger charge is 2.36. The highest BCUT2D eigenvalue weighted by molar-refractivity contribution is 6.04. The van der Waals surface area contributed by atoms with Crippen molar-refractivity contribution >= 4 is 17.3 Å². The zero-order valence-electron chi connectivity index (χ0n) is 16.9. The smallest absolute Gasteiger partial charge is 0.282 e. The first-order valence-corrected chi connectivity index (χ1v) is 9.77. The highest BCUT2D eigenvalue weighted by atomic mass is 19.3. The van der Waals surface area contributed by atoms with Crippen LogP contribution in [-0.2, 0) is 6.54 Å². The summed E-state index contributed by atoms with van der Waals surface area (Å²) in [4.78, 5) is 12.9. The van der Waals surface area contributed by atoms with Crippen LogP contribution in [0.25, 0.3) is 5.70 Å².